The molecular formula is C15H24N4O4S. The first-order valence-electron chi connectivity index (χ1n) is 7.91. The lowest BCUT2D eigenvalue weighted by Gasteiger charge is -2.17. The highest BCUT2D eigenvalue weighted by atomic mass is 32.3. The van der Waals surface area contributed by atoms with Gasteiger partial charge >= 0.3 is 10.4 Å². The molecule has 24 heavy (non-hydrogen) atoms. The van der Waals surface area contributed by atoms with Crippen LogP contribution in [0.15, 0.2) is 18.5 Å². The van der Waals surface area contributed by atoms with Crippen LogP contribution < -0.4 is 0 Å². The Kier molecular flexibility index (Phi) is 6.14. The maximum Gasteiger partial charge on any atom is 0.399 e. The molecule has 0 aromatic carbocycles. The summed E-state index contributed by atoms with van der Waals surface area (Å²) >= 11 is 0. The number of hydrogen-bond acceptors (Lipinski definition) is 5. The number of aryl methyl sites for hydroxylation is 4. The van der Waals surface area contributed by atoms with Crippen molar-refractivity contribution in [3.63, 3.8) is 0 Å². The van der Waals surface area contributed by atoms with Gasteiger partial charge in [0.1, 0.15) is 5.82 Å². The highest BCUT2D eigenvalue weighted by Gasteiger charge is 2.21. The van der Waals surface area contributed by atoms with Gasteiger partial charge < -0.3 is 4.57 Å². The molecule has 0 aliphatic heterocycles. The fraction of sp³-hybridized carbons (Fsp3) is 0.600. The molecule has 8 nitrogen and oxygen atoms in total. The number of unbranched alkanes of at least 4 members (excludes halogenated alkanes) is 2. The summed E-state index contributed by atoms with van der Waals surface area (Å²) in [5.74, 6) is 1.03. The Morgan fingerprint density at radius 3 is 2.58 bits per heavy atom. The van der Waals surface area contributed by atoms with Crippen molar-refractivity contribution in [1.82, 2.24) is 19.3 Å². The highest BCUT2D eigenvalue weighted by molar-refractivity contribution is 7.80. The van der Waals surface area contributed by atoms with Gasteiger partial charge in [-0.3, -0.25) is 4.55 Å². The molecule has 0 spiro atoms. The lowest BCUT2D eigenvalue weighted by molar-refractivity contribution is 0.0940. The molecule has 2 aromatic rings. The number of hydrogen-bond donors (Lipinski definition) is 1. The molecule has 1 atom stereocenters. The quantitative estimate of drug-likeness (QED) is 0.547. The van der Waals surface area contributed by atoms with Crippen LogP contribution in [0.3, 0.4) is 0 Å². The van der Waals surface area contributed by atoms with E-state index in [1.165, 1.54) is 4.68 Å². The van der Waals surface area contributed by atoms with Gasteiger partial charge in [-0.25, -0.2) is 13.8 Å². The van der Waals surface area contributed by atoms with Crippen LogP contribution in [0, 0.1) is 13.8 Å². The molecule has 0 bridgehead atoms. The van der Waals surface area contributed by atoms with Gasteiger partial charge in [-0.15, -0.1) is 0 Å². The Bertz CT molecular complexity index is 766. The van der Waals surface area contributed by atoms with E-state index >= 15 is 0 Å². The van der Waals surface area contributed by atoms with Gasteiger partial charge in [0, 0.05) is 31.6 Å². The van der Waals surface area contributed by atoms with Gasteiger partial charge in [-0.1, -0.05) is 6.42 Å². The first-order chi connectivity index (χ1) is 11.3. The van der Waals surface area contributed by atoms with E-state index in [1.807, 2.05) is 37.7 Å². The van der Waals surface area contributed by atoms with Crippen molar-refractivity contribution < 1.29 is 17.2 Å². The monoisotopic (exact) mass is 356 g/mol. The lowest BCUT2D eigenvalue weighted by atomic mass is 10.1. The van der Waals surface area contributed by atoms with Crippen LogP contribution >= 0.6 is 0 Å². The Labute approximate surface area is 142 Å². The van der Waals surface area contributed by atoms with Gasteiger partial charge in [0.05, 0.1) is 5.69 Å². The van der Waals surface area contributed by atoms with E-state index in [1.54, 1.807) is 6.20 Å². The van der Waals surface area contributed by atoms with Gasteiger partial charge in [0.25, 0.3) is 0 Å². The summed E-state index contributed by atoms with van der Waals surface area (Å²) in [4.78, 5) is 4.27. The number of imidazole rings is 1. The minimum absolute atomic E-state index is 0.447. The van der Waals surface area contributed by atoms with E-state index in [9.17, 15) is 8.42 Å². The molecule has 0 aliphatic carbocycles. The third kappa shape index (κ3) is 5.43. The molecule has 9 heteroatoms. The first kappa shape index (κ1) is 18.6. The topological polar surface area (TPSA) is 99.2 Å². The zero-order valence-electron chi connectivity index (χ0n) is 14.2. The first-order valence-corrected chi connectivity index (χ1v) is 9.27. The number of rotatable bonds is 9. The summed E-state index contributed by atoms with van der Waals surface area (Å²) in [6.07, 6.45) is 6.76. The lowest BCUT2D eigenvalue weighted by Crippen LogP contribution is -2.19. The average molecular weight is 356 g/mol. The maximum atomic E-state index is 11.1. The molecule has 0 radical (unpaired) electrons. The third-order valence-corrected chi connectivity index (χ3v) is 4.29. The minimum Gasteiger partial charge on any atom is -0.338 e. The molecule has 0 saturated heterocycles. The zero-order valence-corrected chi connectivity index (χ0v) is 15.0. The molecule has 1 N–H and O–H groups in total. The molecule has 0 saturated carbocycles. The third-order valence-electron chi connectivity index (χ3n) is 3.82. The summed E-state index contributed by atoms with van der Waals surface area (Å²) in [7, 11) is -2.58. The summed E-state index contributed by atoms with van der Waals surface area (Å²) in [6.45, 7) is 3.64. The molecule has 1 unspecified atom stereocenters. The van der Waals surface area contributed by atoms with Crippen molar-refractivity contribution in [2.45, 2.75) is 52.2 Å². The smallest absolute Gasteiger partial charge is 0.338 e. The zero-order chi connectivity index (χ0) is 17.7. The highest BCUT2D eigenvalue weighted by Crippen LogP contribution is 2.21. The number of aromatic nitrogens is 4. The van der Waals surface area contributed by atoms with Crippen LogP contribution in [0.1, 0.15) is 49.1 Å². The van der Waals surface area contributed by atoms with Gasteiger partial charge in [0.2, 0.25) is 0 Å². The summed E-state index contributed by atoms with van der Waals surface area (Å²) in [6, 6.07) is 1.83. The Hall–Kier alpha value is -1.71. The van der Waals surface area contributed by atoms with Crippen LogP contribution in [-0.4, -0.2) is 32.3 Å². The number of nitrogens with zero attached hydrogens (tertiary/aromatic N) is 4. The van der Waals surface area contributed by atoms with E-state index < -0.39 is 16.6 Å². The fourth-order valence-corrected chi connectivity index (χ4v) is 3.16. The predicted octanol–water partition coefficient (Wildman–Crippen LogP) is 2.35. The molecule has 0 amide bonds. The summed E-state index contributed by atoms with van der Waals surface area (Å²) in [5, 5.41) is 4.25. The largest absolute Gasteiger partial charge is 0.399 e. The van der Waals surface area contributed by atoms with Crippen LogP contribution in [0.5, 0.6) is 0 Å². The summed E-state index contributed by atoms with van der Waals surface area (Å²) < 4.78 is 39.5. The normalized spacial score (nSPS) is 13.3. The van der Waals surface area contributed by atoms with Crippen molar-refractivity contribution >= 4 is 10.4 Å². The van der Waals surface area contributed by atoms with Crippen molar-refractivity contribution in [2.24, 2.45) is 7.05 Å². The van der Waals surface area contributed by atoms with Crippen molar-refractivity contribution in [3.05, 3.63) is 35.7 Å². The molecule has 134 valence electrons. The molecule has 2 heterocycles. The Morgan fingerprint density at radius 1 is 1.29 bits per heavy atom. The van der Waals surface area contributed by atoms with Crippen LogP contribution in [0.4, 0.5) is 0 Å². The second-order valence-electron chi connectivity index (χ2n) is 5.90. The Balaban J connectivity index is 1.89. The van der Waals surface area contributed by atoms with Crippen molar-refractivity contribution in [1.29, 1.82) is 0 Å². The van der Waals surface area contributed by atoms with E-state index in [4.69, 9.17) is 8.74 Å². The SMILES string of the molecule is Cc1cc(C)n(C(CCCCCc2nccn2C)OS(=O)(=O)O)n1. The minimum atomic E-state index is -4.54. The van der Waals surface area contributed by atoms with Crippen LogP contribution in [-0.2, 0) is 28.1 Å². The van der Waals surface area contributed by atoms with E-state index in [-0.39, 0.29) is 0 Å². The fourth-order valence-electron chi connectivity index (χ4n) is 2.71. The maximum absolute atomic E-state index is 11.1. The predicted molar refractivity (Wildman–Crippen MR) is 88.8 cm³/mol. The second kappa shape index (κ2) is 7.91. The van der Waals surface area contributed by atoms with Crippen LogP contribution in [0.25, 0.3) is 0 Å². The van der Waals surface area contributed by atoms with Crippen molar-refractivity contribution in [3.8, 4) is 0 Å². The average Bonchev–Trinajstić information content (AvgIpc) is 3.01. The van der Waals surface area contributed by atoms with Gasteiger partial charge in [-0.05, 0) is 39.2 Å². The summed E-state index contributed by atoms with van der Waals surface area (Å²) in [5.41, 5.74) is 1.56. The van der Waals surface area contributed by atoms with Gasteiger partial charge in [-0.2, -0.15) is 13.5 Å². The van der Waals surface area contributed by atoms with E-state index in [0.29, 0.717) is 6.42 Å². The molecule has 0 aliphatic rings. The van der Waals surface area contributed by atoms with E-state index in [2.05, 4.69) is 10.1 Å². The van der Waals surface area contributed by atoms with Gasteiger partial charge in [0.15, 0.2) is 6.23 Å². The van der Waals surface area contributed by atoms with Crippen LogP contribution in [0.2, 0.25) is 0 Å². The van der Waals surface area contributed by atoms with Crippen molar-refractivity contribution in [2.75, 3.05) is 0 Å². The molecular weight excluding hydrogens is 332 g/mol. The van der Waals surface area contributed by atoms with E-state index in [0.717, 1.165) is 42.9 Å². The Morgan fingerprint density at radius 2 is 2.04 bits per heavy atom. The standard InChI is InChI=1S/C15H24N4O4S/c1-12-11-13(2)19(17-12)15(23-24(20,21)22)8-6-4-5-7-14-16-9-10-18(14)3/h9-11,15H,4-8H2,1-3H3,(H,20,21,22). The second-order valence-corrected chi connectivity index (χ2v) is 6.95. The molecule has 2 aromatic heterocycles. The molecule has 2 rings (SSSR count). The molecule has 0 fully saturated rings.